The second-order valence-corrected chi connectivity index (χ2v) is 5.24. The number of hydrogen-bond acceptors (Lipinski definition) is 2. The van der Waals surface area contributed by atoms with Gasteiger partial charge < -0.3 is 0 Å². The summed E-state index contributed by atoms with van der Waals surface area (Å²) in [5.41, 5.74) is 2.80. The van der Waals surface area contributed by atoms with Gasteiger partial charge in [-0.05, 0) is 24.7 Å². The van der Waals surface area contributed by atoms with Crippen molar-refractivity contribution in [2.24, 2.45) is 11.3 Å². The van der Waals surface area contributed by atoms with Gasteiger partial charge in [0.15, 0.2) is 0 Å². The second kappa shape index (κ2) is 3.54. The number of amides is 1. The van der Waals surface area contributed by atoms with Gasteiger partial charge in [0, 0.05) is 5.92 Å². The first-order valence-electron chi connectivity index (χ1n) is 5.55. The second-order valence-electron chi connectivity index (χ2n) is 5.24. The van der Waals surface area contributed by atoms with E-state index in [9.17, 15) is 4.79 Å². The van der Waals surface area contributed by atoms with Crippen LogP contribution in [0.5, 0.6) is 0 Å². The molecule has 1 atom stereocenters. The van der Waals surface area contributed by atoms with Crippen molar-refractivity contribution in [1.82, 2.24) is 5.48 Å². The average Bonchev–Trinajstić information content (AvgIpc) is 2.61. The standard InChI is InChI=1S/C11H19NO2/c1-11(2)7-9(11)10(13)12-14-8-5-3-4-6-8/h8-9H,3-7H2,1-2H3,(H,12,13). The molecule has 0 bridgehead atoms. The van der Waals surface area contributed by atoms with Crippen LogP contribution in [0.25, 0.3) is 0 Å². The van der Waals surface area contributed by atoms with Gasteiger partial charge in [-0.25, -0.2) is 5.48 Å². The summed E-state index contributed by atoms with van der Waals surface area (Å²) in [6.07, 6.45) is 5.90. The van der Waals surface area contributed by atoms with Gasteiger partial charge in [-0.1, -0.05) is 26.7 Å². The summed E-state index contributed by atoms with van der Waals surface area (Å²) in [5, 5.41) is 0. The average molecular weight is 197 g/mol. The number of hydroxylamine groups is 1. The molecule has 2 fully saturated rings. The highest BCUT2D eigenvalue weighted by molar-refractivity contribution is 5.81. The van der Waals surface area contributed by atoms with E-state index in [1.807, 2.05) is 0 Å². The summed E-state index contributed by atoms with van der Waals surface area (Å²) >= 11 is 0. The topological polar surface area (TPSA) is 38.3 Å². The Morgan fingerprint density at radius 3 is 2.43 bits per heavy atom. The Bertz CT molecular complexity index is 231. The van der Waals surface area contributed by atoms with Crippen LogP contribution in [-0.4, -0.2) is 12.0 Å². The summed E-state index contributed by atoms with van der Waals surface area (Å²) in [7, 11) is 0. The predicted octanol–water partition coefficient (Wildman–Crippen LogP) is 2.02. The van der Waals surface area contributed by atoms with Gasteiger partial charge in [0.05, 0.1) is 6.10 Å². The normalized spacial score (nSPS) is 30.3. The Labute approximate surface area is 85.2 Å². The molecular formula is C11H19NO2. The molecule has 1 unspecified atom stereocenters. The van der Waals surface area contributed by atoms with Crippen molar-refractivity contribution in [1.29, 1.82) is 0 Å². The Morgan fingerprint density at radius 2 is 1.93 bits per heavy atom. The lowest BCUT2D eigenvalue weighted by Gasteiger charge is -2.11. The summed E-state index contributed by atoms with van der Waals surface area (Å²) in [4.78, 5) is 16.9. The van der Waals surface area contributed by atoms with Gasteiger partial charge in [-0.2, -0.15) is 0 Å². The van der Waals surface area contributed by atoms with Gasteiger partial charge >= 0.3 is 0 Å². The molecule has 0 spiro atoms. The van der Waals surface area contributed by atoms with E-state index in [4.69, 9.17) is 4.84 Å². The van der Waals surface area contributed by atoms with Crippen LogP contribution in [0.4, 0.5) is 0 Å². The molecule has 80 valence electrons. The molecule has 0 radical (unpaired) electrons. The highest BCUT2D eigenvalue weighted by Gasteiger charge is 2.50. The minimum Gasteiger partial charge on any atom is -0.272 e. The van der Waals surface area contributed by atoms with Crippen LogP contribution in [0.2, 0.25) is 0 Å². The largest absolute Gasteiger partial charge is 0.272 e. The molecule has 3 nitrogen and oxygen atoms in total. The van der Waals surface area contributed by atoms with Gasteiger partial charge in [0.2, 0.25) is 5.91 Å². The van der Waals surface area contributed by atoms with Gasteiger partial charge in [-0.15, -0.1) is 0 Å². The minimum absolute atomic E-state index is 0.0712. The van der Waals surface area contributed by atoms with Crippen LogP contribution >= 0.6 is 0 Å². The van der Waals surface area contributed by atoms with Crippen molar-refractivity contribution in [2.75, 3.05) is 0 Å². The molecule has 0 aromatic carbocycles. The Kier molecular flexibility index (Phi) is 2.52. The molecule has 3 heteroatoms. The van der Waals surface area contributed by atoms with E-state index in [0.717, 1.165) is 19.3 Å². The summed E-state index contributed by atoms with van der Waals surface area (Å²) < 4.78 is 0. The van der Waals surface area contributed by atoms with Crippen molar-refractivity contribution < 1.29 is 9.63 Å². The van der Waals surface area contributed by atoms with Crippen LogP contribution in [-0.2, 0) is 9.63 Å². The first kappa shape index (κ1) is 9.97. The van der Waals surface area contributed by atoms with E-state index in [1.165, 1.54) is 12.8 Å². The lowest BCUT2D eigenvalue weighted by atomic mass is 10.1. The monoisotopic (exact) mass is 197 g/mol. The molecule has 2 rings (SSSR count). The molecule has 1 amide bonds. The molecule has 1 N–H and O–H groups in total. The highest BCUT2D eigenvalue weighted by atomic mass is 16.7. The van der Waals surface area contributed by atoms with Crippen LogP contribution in [0.1, 0.15) is 46.0 Å². The first-order chi connectivity index (χ1) is 6.59. The number of nitrogens with one attached hydrogen (secondary N) is 1. The number of carbonyl (C=O) groups is 1. The summed E-state index contributed by atoms with van der Waals surface area (Å²) in [6.45, 7) is 4.24. The van der Waals surface area contributed by atoms with E-state index in [0.29, 0.717) is 0 Å². The fourth-order valence-electron chi connectivity index (χ4n) is 2.13. The number of carbonyl (C=O) groups excluding carboxylic acids is 1. The van der Waals surface area contributed by atoms with Crippen molar-refractivity contribution in [3.05, 3.63) is 0 Å². The molecule has 0 heterocycles. The van der Waals surface area contributed by atoms with Gasteiger partial charge in [0.25, 0.3) is 0 Å². The zero-order chi connectivity index (χ0) is 10.2. The maximum absolute atomic E-state index is 11.5. The summed E-state index contributed by atoms with van der Waals surface area (Å²) in [5.74, 6) is 0.241. The fraction of sp³-hybridized carbons (Fsp3) is 0.909. The third kappa shape index (κ3) is 2.08. The zero-order valence-corrected chi connectivity index (χ0v) is 9.01. The lowest BCUT2D eigenvalue weighted by Crippen LogP contribution is -2.30. The molecular weight excluding hydrogens is 178 g/mol. The molecule has 0 aromatic heterocycles. The molecule has 14 heavy (non-hydrogen) atoms. The third-order valence-corrected chi connectivity index (χ3v) is 3.46. The zero-order valence-electron chi connectivity index (χ0n) is 9.01. The van der Waals surface area contributed by atoms with Crippen molar-refractivity contribution >= 4 is 5.91 Å². The van der Waals surface area contributed by atoms with Crippen molar-refractivity contribution in [3.8, 4) is 0 Å². The SMILES string of the molecule is CC1(C)CC1C(=O)NOC1CCCC1. The third-order valence-electron chi connectivity index (χ3n) is 3.46. The number of hydrogen-bond donors (Lipinski definition) is 1. The van der Waals surface area contributed by atoms with Crippen LogP contribution in [0.3, 0.4) is 0 Å². The van der Waals surface area contributed by atoms with Crippen molar-refractivity contribution in [2.45, 2.75) is 52.1 Å². The van der Waals surface area contributed by atoms with Crippen LogP contribution < -0.4 is 5.48 Å². The summed E-state index contributed by atoms with van der Waals surface area (Å²) in [6, 6.07) is 0. The van der Waals surface area contributed by atoms with E-state index in [1.54, 1.807) is 0 Å². The van der Waals surface area contributed by atoms with Crippen molar-refractivity contribution in [3.63, 3.8) is 0 Å². The smallest absolute Gasteiger partial charge is 0.247 e. The molecule has 0 aliphatic heterocycles. The molecule has 2 aliphatic rings. The molecule has 0 aromatic rings. The molecule has 0 saturated heterocycles. The Hall–Kier alpha value is -0.570. The highest BCUT2D eigenvalue weighted by Crippen LogP contribution is 2.51. The van der Waals surface area contributed by atoms with E-state index < -0.39 is 0 Å². The van der Waals surface area contributed by atoms with E-state index in [-0.39, 0.29) is 23.3 Å². The minimum atomic E-state index is 0.0712. The van der Waals surface area contributed by atoms with Gasteiger partial charge in [-0.3, -0.25) is 9.63 Å². The quantitative estimate of drug-likeness (QED) is 0.703. The fourth-order valence-corrected chi connectivity index (χ4v) is 2.13. The number of rotatable bonds is 3. The van der Waals surface area contributed by atoms with E-state index >= 15 is 0 Å². The first-order valence-corrected chi connectivity index (χ1v) is 5.55. The van der Waals surface area contributed by atoms with Crippen LogP contribution in [0.15, 0.2) is 0 Å². The maximum atomic E-state index is 11.5. The molecule has 2 aliphatic carbocycles. The van der Waals surface area contributed by atoms with Crippen LogP contribution in [0, 0.1) is 11.3 Å². The Morgan fingerprint density at radius 1 is 1.36 bits per heavy atom. The maximum Gasteiger partial charge on any atom is 0.247 e. The molecule has 2 saturated carbocycles. The predicted molar refractivity (Wildman–Crippen MR) is 53.4 cm³/mol. The van der Waals surface area contributed by atoms with E-state index in [2.05, 4.69) is 19.3 Å². The lowest BCUT2D eigenvalue weighted by molar-refractivity contribution is -0.140. The van der Waals surface area contributed by atoms with Gasteiger partial charge in [0.1, 0.15) is 0 Å². The Balaban J connectivity index is 1.68.